The Kier molecular flexibility index (Phi) is 4.42. The molecule has 1 aromatic rings. The molecule has 0 aromatic heterocycles. The Hall–Kier alpha value is -1.84. The second-order valence-electron chi connectivity index (χ2n) is 5.74. The molecule has 4 heteroatoms. The minimum absolute atomic E-state index is 0.0259. The number of aryl methyl sites for hydroxylation is 1. The third kappa shape index (κ3) is 3.38. The predicted molar refractivity (Wildman–Crippen MR) is 78.0 cm³/mol. The molecule has 1 aromatic carbocycles. The largest absolute Gasteiger partial charge is 0.352 e. The second-order valence-corrected chi connectivity index (χ2v) is 5.74. The van der Waals surface area contributed by atoms with E-state index in [1.54, 1.807) is 4.90 Å². The van der Waals surface area contributed by atoms with Gasteiger partial charge >= 0.3 is 0 Å². The highest BCUT2D eigenvalue weighted by Gasteiger charge is 2.35. The van der Waals surface area contributed by atoms with Crippen LogP contribution in [-0.4, -0.2) is 29.3 Å². The van der Waals surface area contributed by atoms with E-state index in [0.29, 0.717) is 19.5 Å². The first kappa shape index (κ1) is 14.6. The van der Waals surface area contributed by atoms with E-state index in [2.05, 4.69) is 5.32 Å². The van der Waals surface area contributed by atoms with Crippen molar-refractivity contribution in [2.24, 2.45) is 5.92 Å². The van der Waals surface area contributed by atoms with Crippen LogP contribution in [0.25, 0.3) is 0 Å². The van der Waals surface area contributed by atoms with E-state index in [0.717, 1.165) is 5.56 Å². The Labute approximate surface area is 120 Å². The summed E-state index contributed by atoms with van der Waals surface area (Å²) >= 11 is 0. The Morgan fingerprint density at radius 3 is 2.55 bits per heavy atom. The van der Waals surface area contributed by atoms with Crippen molar-refractivity contribution < 1.29 is 9.59 Å². The number of nitrogens with zero attached hydrogens (tertiary/aromatic N) is 1. The molecular weight excluding hydrogens is 252 g/mol. The molecule has 1 saturated heterocycles. The highest BCUT2D eigenvalue weighted by Crippen LogP contribution is 2.20. The average molecular weight is 274 g/mol. The SMILES string of the molecule is Cc1ccc(CNC(=O)[C@H]2CC(=O)N(C(C)C)C2)cc1. The van der Waals surface area contributed by atoms with E-state index in [-0.39, 0.29) is 23.8 Å². The lowest BCUT2D eigenvalue weighted by Crippen LogP contribution is -2.35. The van der Waals surface area contributed by atoms with Crippen LogP contribution in [0.5, 0.6) is 0 Å². The number of rotatable bonds is 4. The summed E-state index contributed by atoms with van der Waals surface area (Å²) in [5.74, 6) is -0.159. The Balaban J connectivity index is 1.87. The molecule has 0 unspecified atom stereocenters. The topological polar surface area (TPSA) is 49.4 Å². The molecule has 0 bridgehead atoms. The Morgan fingerprint density at radius 2 is 2.00 bits per heavy atom. The third-order valence-corrected chi connectivity index (χ3v) is 3.74. The van der Waals surface area contributed by atoms with E-state index in [1.165, 1.54) is 5.56 Å². The summed E-state index contributed by atoms with van der Waals surface area (Å²) in [5, 5.41) is 2.92. The van der Waals surface area contributed by atoms with Gasteiger partial charge in [0.1, 0.15) is 0 Å². The van der Waals surface area contributed by atoms with Crippen molar-refractivity contribution in [2.45, 2.75) is 39.8 Å². The number of carbonyl (C=O) groups excluding carboxylic acids is 2. The zero-order valence-electron chi connectivity index (χ0n) is 12.3. The first-order valence-corrected chi connectivity index (χ1v) is 7.10. The van der Waals surface area contributed by atoms with Gasteiger partial charge in [0.15, 0.2) is 0 Å². The lowest BCUT2D eigenvalue weighted by Gasteiger charge is -2.20. The number of likely N-dealkylation sites (tertiary alicyclic amines) is 1. The van der Waals surface area contributed by atoms with Gasteiger partial charge in [-0.2, -0.15) is 0 Å². The number of benzene rings is 1. The fraction of sp³-hybridized carbons (Fsp3) is 0.500. The van der Waals surface area contributed by atoms with Gasteiger partial charge in [-0.25, -0.2) is 0 Å². The maximum absolute atomic E-state index is 12.1. The van der Waals surface area contributed by atoms with Crippen LogP contribution in [0, 0.1) is 12.8 Å². The second kappa shape index (κ2) is 6.07. The predicted octanol–water partition coefficient (Wildman–Crippen LogP) is 1.87. The highest BCUT2D eigenvalue weighted by atomic mass is 16.2. The van der Waals surface area contributed by atoms with Gasteiger partial charge < -0.3 is 10.2 Å². The van der Waals surface area contributed by atoms with Crippen LogP contribution in [0.2, 0.25) is 0 Å². The fourth-order valence-electron chi connectivity index (χ4n) is 2.45. The summed E-state index contributed by atoms with van der Waals surface area (Å²) in [6.45, 7) is 7.05. The van der Waals surface area contributed by atoms with Crippen LogP contribution in [0.3, 0.4) is 0 Å². The van der Waals surface area contributed by atoms with Crippen molar-refractivity contribution in [2.75, 3.05) is 6.54 Å². The fourth-order valence-corrected chi connectivity index (χ4v) is 2.45. The minimum Gasteiger partial charge on any atom is -0.352 e. The summed E-state index contributed by atoms with van der Waals surface area (Å²) < 4.78 is 0. The summed E-state index contributed by atoms with van der Waals surface area (Å²) in [6, 6.07) is 8.24. The molecule has 1 fully saturated rings. The van der Waals surface area contributed by atoms with Gasteiger partial charge in [0.25, 0.3) is 0 Å². The summed E-state index contributed by atoms with van der Waals surface area (Å²) in [6.07, 6.45) is 0.331. The van der Waals surface area contributed by atoms with Gasteiger partial charge in [-0.15, -0.1) is 0 Å². The lowest BCUT2D eigenvalue weighted by molar-refractivity contribution is -0.129. The van der Waals surface area contributed by atoms with E-state index in [1.807, 2.05) is 45.0 Å². The first-order valence-electron chi connectivity index (χ1n) is 7.10. The number of amides is 2. The van der Waals surface area contributed by atoms with Crippen molar-refractivity contribution in [3.8, 4) is 0 Å². The van der Waals surface area contributed by atoms with Crippen LogP contribution in [0.15, 0.2) is 24.3 Å². The van der Waals surface area contributed by atoms with E-state index in [9.17, 15) is 9.59 Å². The number of nitrogens with one attached hydrogen (secondary N) is 1. The van der Waals surface area contributed by atoms with E-state index < -0.39 is 0 Å². The van der Waals surface area contributed by atoms with Crippen molar-refractivity contribution in [3.63, 3.8) is 0 Å². The van der Waals surface area contributed by atoms with Crippen molar-refractivity contribution >= 4 is 11.8 Å². The van der Waals surface area contributed by atoms with Crippen LogP contribution >= 0.6 is 0 Å². The van der Waals surface area contributed by atoms with Crippen LogP contribution in [0.1, 0.15) is 31.4 Å². The molecule has 20 heavy (non-hydrogen) atoms. The van der Waals surface area contributed by atoms with Gasteiger partial charge in [-0.05, 0) is 26.3 Å². The van der Waals surface area contributed by atoms with Crippen LogP contribution < -0.4 is 5.32 Å². The molecule has 0 spiro atoms. The molecule has 1 heterocycles. The maximum atomic E-state index is 12.1. The highest BCUT2D eigenvalue weighted by molar-refractivity contribution is 5.89. The molecule has 0 saturated carbocycles. The normalized spacial score (nSPS) is 18.7. The molecule has 1 aliphatic rings. The molecule has 0 aliphatic carbocycles. The van der Waals surface area contributed by atoms with Crippen molar-refractivity contribution in [3.05, 3.63) is 35.4 Å². The molecular formula is C16H22N2O2. The molecule has 4 nitrogen and oxygen atoms in total. The van der Waals surface area contributed by atoms with Crippen molar-refractivity contribution in [1.29, 1.82) is 0 Å². The van der Waals surface area contributed by atoms with Crippen LogP contribution in [-0.2, 0) is 16.1 Å². The number of carbonyl (C=O) groups is 2. The zero-order chi connectivity index (χ0) is 14.7. The molecule has 0 radical (unpaired) electrons. The smallest absolute Gasteiger partial charge is 0.225 e. The third-order valence-electron chi connectivity index (χ3n) is 3.74. The number of hydrogen-bond donors (Lipinski definition) is 1. The standard InChI is InChI=1S/C16H22N2O2/c1-11(2)18-10-14(8-15(18)19)16(20)17-9-13-6-4-12(3)5-7-13/h4-7,11,14H,8-10H2,1-3H3,(H,17,20)/t14-/m0/s1. The minimum atomic E-state index is -0.213. The lowest BCUT2D eigenvalue weighted by atomic mass is 10.1. The van der Waals surface area contributed by atoms with Gasteiger partial charge in [0, 0.05) is 25.6 Å². The molecule has 108 valence electrons. The molecule has 1 atom stereocenters. The van der Waals surface area contributed by atoms with Gasteiger partial charge in [0.05, 0.1) is 5.92 Å². The van der Waals surface area contributed by atoms with Gasteiger partial charge in [0.2, 0.25) is 11.8 Å². The Bertz CT molecular complexity index is 494. The zero-order valence-corrected chi connectivity index (χ0v) is 12.3. The van der Waals surface area contributed by atoms with E-state index >= 15 is 0 Å². The summed E-state index contributed by atoms with van der Waals surface area (Å²) in [7, 11) is 0. The quantitative estimate of drug-likeness (QED) is 0.911. The number of hydrogen-bond acceptors (Lipinski definition) is 2. The maximum Gasteiger partial charge on any atom is 0.225 e. The summed E-state index contributed by atoms with van der Waals surface area (Å²) in [4.78, 5) is 25.7. The molecule has 2 amide bonds. The summed E-state index contributed by atoms with van der Waals surface area (Å²) in [5.41, 5.74) is 2.28. The van der Waals surface area contributed by atoms with Crippen molar-refractivity contribution in [1.82, 2.24) is 10.2 Å². The van der Waals surface area contributed by atoms with E-state index in [4.69, 9.17) is 0 Å². The molecule has 2 rings (SSSR count). The first-order chi connectivity index (χ1) is 9.47. The Morgan fingerprint density at radius 1 is 1.35 bits per heavy atom. The monoisotopic (exact) mass is 274 g/mol. The molecule has 1 N–H and O–H groups in total. The average Bonchev–Trinajstić information content (AvgIpc) is 2.80. The molecule has 1 aliphatic heterocycles. The van der Waals surface area contributed by atoms with Gasteiger partial charge in [-0.3, -0.25) is 9.59 Å². The van der Waals surface area contributed by atoms with Crippen LogP contribution in [0.4, 0.5) is 0 Å². The van der Waals surface area contributed by atoms with Gasteiger partial charge in [-0.1, -0.05) is 29.8 Å².